The van der Waals surface area contributed by atoms with E-state index in [-0.39, 0.29) is 36.3 Å². The smallest absolute Gasteiger partial charge is 0.225 e. The fraction of sp³-hybridized carbons (Fsp3) is 0.882. The molecule has 0 radical (unpaired) electrons. The van der Waals surface area contributed by atoms with Gasteiger partial charge in [-0.3, -0.25) is 9.59 Å². The zero-order valence-corrected chi connectivity index (χ0v) is 14.4. The third kappa shape index (κ3) is 3.22. The van der Waals surface area contributed by atoms with E-state index in [1.54, 1.807) is 0 Å². The fourth-order valence-corrected chi connectivity index (χ4v) is 4.85. The van der Waals surface area contributed by atoms with Crippen molar-refractivity contribution in [2.45, 2.75) is 57.0 Å². The zero-order chi connectivity index (χ0) is 15.3. The second-order valence-electron chi connectivity index (χ2n) is 7.82. The Bertz CT molecular complexity index is 472. The van der Waals surface area contributed by atoms with Crippen LogP contribution in [-0.4, -0.2) is 41.9 Å². The van der Waals surface area contributed by atoms with Crippen molar-refractivity contribution >= 4 is 24.2 Å². The number of piperidine rings is 1. The topological polar surface area (TPSA) is 75.4 Å². The predicted octanol–water partition coefficient (Wildman–Crippen LogP) is 1.30. The monoisotopic (exact) mass is 341 g/mol. The van der Waals surface area contributed by atoms with Gasteiger partial charge < -0.3 is 16.0 Å². The fourth-order valence-electron chi connectivity index (χ4n) is 4.85. The van der Waals surface area contributed by atoms with Crippen LogP contribution in [0.1, 0.15) is 44.9 Å². The first kappa shape index (κ1) is 17.0. The summed E-state index contributed by atoms with van der Waals surface area (Å²) in [5.41, 5.74) is 6.26. The van der Waals surface area contributed by atoms with Gasteiger partial charge >= 0.3 is 0 Å². The maximum atomic E-state index is 12.6. The van der Waals surface area contributed by atoms with Crippen molar-refractivity contribution in [2.24, 2.45) is 29.4 Å². The Hall–Kier alpha value is -0.810. The minimum atomic E-state index is 0. The SMILES string of the molecule is Cl.NC1C2CCC(C2)C1C(=O)NC1CCN(C(=O)C2CC2)CC1. The van der Waals surface area contributed by atoms with E-state index in [0.29, 0.717) is 23.7 Å². The molecule has 3 saturated carbocycles. The number of fused-ring (bicyclic) bond motifs is 2. The number of amides is 2. The van der Waals surface area contributed by atoms with E-state index in [2.05, 4.69) is 5.32 Å². The van der Waals surface area contributed by atoms with E-state index >= 15 is 0 Å². The minimum absolute atomic E-state index is 0. The van der Waals surface area contributed by atoms with Crippen molar-refractivity contribution < 1.29 is 9.59 Å². The number of rotatable bonds is 3. The van der Waals surface area contributed by atoms with Crippen molar-refractivity contribution in [3.63, 3.8) is 0 Å². The third-order valence-electron chi connectivity index (χ3n) is 6.36. The van der Waals surface area contributed by atoms with Crippen LogP contribution in [0.5, 0.6) is 0 Å². The highest BCUT2D eigenvalue weighted by Crippen LogP contribution is 2.47. The van der Waals surface area contributed by atoms with Gasteiger partial charge in [0, 0.05) is 31.1 Å². The molecule has 23 heavy (non-hydrogen) atoms. The summed E-state index contributed by atoms with van der Waals surface area (Å²) in [5, 5.41) is 3.22. The summed E-state index contributed by atoms with van der Waals surface area (Å²) in [7, 11) is 0. The Balaban J connectivity index is 0.00000156. The first-order valence-corrected chi connectivity index (χ1v) is 8.98. The summed E-state index contributed by atoms with van der Waals surface area (Å²) in [4.78, 5) is 26.6. The molecule has 4 atom stereocenters. The van der Waals surface area contributed by atoms with Gasteiger partial charge in [0.2, 0.25) is 11.8 Å². The van der Waals surface area contributed by atoms with Gasteiger partial charge in [-0.25, -0.2) is 0 Å². The standard InChI is InChI=1S/C17H27N3O2.ClH/c18-15-12-4-3-11(9-12)14(15)16(21)19-13-5-7-20(8-6-13)17(22)10-1-2-10;/h10-15H,1-9,18H2,(H,19,21);1H. The molecule has 2 amide bonds. The van der Waals surface area contributed by atoms with E-state index in [1.165, 1.54) is 12.8 Å². The van der Waals surface area contributed by atoms with E-state index in [0.717, 1.165) is 45.2 Å². The summed E-state index contributed by atoms with van der Waals surface area (Å²) in [6, 6.07) is 0.289. The Labute approximate surface area is 144 Å². The van der Waals surface area contributed by atoms with Crippen LogP contribution in [-0.2, 0) is 9.59 Å². The number of carbonyl (C=O) groups is 2. The number of carbonyl (C=O) groups excluding carboxylic acids is 2. The maximum Gasteiger partial charge on any atom is 0.225 e. The van der Waals surface area contributed by atoms with Gasteiger partial charge in [-0.05, 0) is 56.8 Å². The van der Waals surface area contributed by atoms with E-state index < -0.39 is 0 Å². The van der Waals surface area contributed by atoms with E-state index in [1.807, 2.05) is 4.90 Å². The van der Waals surface area contributed by atoms with E-state index in [9.17, 15) is 9.59 Å². The number of hydrogen-bond acceptors (Lipinski definition) is 3. The summed E-state index contributed by atoms with van der Waals surface area (Å²) in [6.07, 6.45) is 7.44. The second kappa shape index (κ2) is 6.60. The zero-order valence-electron chi connectivity index (χ0n) is 13.6. The van der Waals surface area contributed by atoms with Crippen LogP contribution in [0.2, 0.25) is 0 Å². The van der Waals surface area contributed by atoms with Gasteiger partial charge in [0.15, 0.2) is 0 Å². The number of likely N-dealkylation sites (tertiary alicyclic amines) is 1. The molecule has 0 aromatic rings. The Morgan fingerprint density at radius 1 is 0.957 bits per heavy atom. The molecule has 4 fully saturated rings. The van der Waals surface area contributed by atoms with Gasteiger partial charge in [0.1, 0.15) is 0 Å². The molecule has 3 N–H and O–H groups in total. The highest BCUT2D eigenvalue weighted by Gasteiger charge is 2.49. The summed E-state index contributed by atoms with van der Waals surface area (Å²) in [6.45, 7) is 1.59. The predicted molar refractivity (Wildman–Crippen MR) is 90.0 cm³/mol. The molecule has 0 spiro atoms. The van der Waals surface area contributed by atoms with Crippen LogP contribution in [0.4, 0.5) is 0 Å². The highest BCUT2D eigenvalue weighted by atomic mass is 35.5. The highest BCUT2D eigenvalue weighted by molar-refractivity contribution is 5.85. The van der Waals surface area contributed by atoms with Crippen LogP contribution < -0.4 is 11.1 Å². The van der Waals surface area contributed by atoms with Crippen LogP contribution in [0, 0.1) is 23.7 Å². The lowest BCUT2D eigenvalue weighted by Crippen LogP contribution is -2.51. The van der Waals surface area contributed by atoms with Crippen molar-refractivity contribution in [1.82, 2.24) is 10.2 Å². The second-order valence-corrected chi connectivity index (χ2v) is 7.82. The van der Waals surface area contributed by atoms with Gasteiger partial charge in [-0.15, -0.1) is 12.4 Å². The quantitative estimate of drug-likeness (QED) is 0.812. The molecule has 4 unspecified atom stereocenters. The number of halogens is 1. The molecule has 3 aliphatic carbocycles. The first-order valence-electron chi connectivity index (χ1n) is 8.98. The Morgan fingerprint density at radius 2 is 1.61 bits per heavy atom. The normalized spacial score (nSPS) is 36.7. The third-order valence-corrected chi connectivity index (χ3v) is 6.36. The molecule has 0 aromatic heterocycles. The minimum Gasteiger partial charge on any atom is -0.353 e. The van der Waals surface area contributed by atoms with Crippen LogP contribution >= 0.6 is 12.4 Å². The molecule has 1 heterocycles. The van der Waals surface area contributed by atoms with Crippen molar-refractivity contribution in [3.8, 4) is 0 Å². The molecule has 6 heteroatoms. The summed E-state index contributed by atoms with van der Waals surface area (Å²) >= 11 is 0. The van der Waals surface area contributed by atoms with Gasteiger partial charge in [0.25, 0.3) is 0 Å². The first-order chi connectivity index (χ1) is 10.6. The molecular formula is C17H28ClN3O2. The summed E-state index contributed by atoms with van der Waals surface area (Å²) < 4.78 is 0. The van der Waals surface area contributed by atoms with Crippen molar-refractivity contribution in [3.05, 3.63) is 0 Å². The maximum absolute atomic E-state index is 12.6. The molecular weight excluding hydrogens is 314 g/mol. The lowest BCUT2D eigenvalue weighted by Gasteiger charge is -2.34. The Morgan fingerprint density at radius 3 is 2.17 bits per heavy atom. The number of nitrogens with one attached hydrogen (secondary N) is 1. The molecule has 0 aromatic carbocycles. The molecule has 4 rings (SSSR count). The molecule has 2 bridgehead atoms. The largest absolute Gasteiger partial charge is 0.353 e. The molecule has 4 aliphatic rings. The average Bonchev–Trinajstić information content (AvgIpc) is 3.19. The van der Waals surface area contributed by atoms with Crippen LogP contribution in [0.3, 0.4) is 0 Å². The van der Waals surface area contributed by atoms with Gasteiger partial charge in [-0.1, -0.05) is 0 Å². The van der Waals surface area contributed by atoms with Crippen LogP contribution in [0.25, 0.3) is 0 Å². The van der Waals surface area contributed by atoms with Crippen molar-refractivity contribution in [1.29, 1.82) is 0 Å². The lowest BCUT2D eigenvalue weighted by molar-refractivity contribution is -0.134. The summed E-state index contributed by atoms with van der Waals surface area (Å²) in [5.74, 6) is 1.92. The molecule has 5 nitrogen and oxygen atoms in total. The number of nitrogens with zero attached hydrogens (tertiary/aromatic N) is 1. The number of nitrogens with two attached hydrogens (primary N) is 1. The molecule has 1 aliphatic heterocycles. The average molecular weight is 342 g/mol. The number of hydrogen-bond donors (Lipinski definition) is 2. The molecule has 130 valence electrons. The molecule has 1 saturated heterocycles. The van der Waals surface area contributed by atoms with Crippen molar-refractivity contribution in [2.75, 3.05) is 13.1 Å². The Kier molecular flexibility index (Phi) is 4.88. The lowest BCUT2D eigenvalue weighted by atomic mass is 9.84. The van der Waals surface area contributed by atoms with Crippen LogP contribution in [0.15, 0.2) is 0 Å². The van der Waals surface area contributed by atoms with Gasteiger partial charge in [0.05, 0.1) is 5.92 Å². The van der Waals surface area contributed by atoms with E-state index in [4.69, 9.17) is 5.73 Å². The van der Waals surface area contributed by atoms with Gasteiger partial charge in [-0.2, -0.15) is 0 Å².